The van der Waals surface area contributed by atoms with Crippen molar-refractivity contribution < 1.29 is 14.7 Å². The quantitative estimate of drug-likeness (QED) is 0.702. The summed E-state index contributed by atoms with van der Waals surface area (Å²) in [5.41, 5.74) is 5.22. The first-order valence-corrected chi connectivity index (χ1v) is 5.71. The summed E-state index contributed by atoms with van der Waals surface area (Å²) >= 11 is 0. The third-order valence-electron chi connectivity index (χ3n) is 3.15. The van der Waals surface area contributed by atoms with E-state index in [0.29, 0.717) is 19.5 Å². The van der Waals surface area contributed by atoms with Crippen LogP contribution in [0, 0.1) is 0 Å². The minimum atomic E-state index is -1.10. The first-order valence-electron chi connectivity index (χ1n) is 5.71. The van der Waals surface area contributed by atoms with Gasteiger partial charge in [0.15, 0.2) is 5.69 Å². The highest BCUT2D eigenvalue weighted by Crippen LogP contribution is 2.23. The molecular weight excluding hydrogens is 238 g/mol. The van der Waals surface area contributed by atoms with Gasteiger partial charge >= 0.3 is 5.97 Å². The molecule has 1 unspecified atom stereocenters. The Kier molecular flexibility index (Phi) is 3.28. The van der Waals surface area contributed by atoms with Gasteiger partial charge in [0, 0.05) is 13.1 Å². The predicted octanol–water partition coefficient (Wildman–Crippen LogP) is -0.903. The fourth-order valence-corrected chi connectivity index (χ4v) is 2.10. The van der Waals surface area contributed by atoms with Crippen LogP contribution in [0.4, 0.5) is 0 Å². The monoisotopic (exact) mass is 253 g/mol. The number of likely N-dealkylation sites (tertiary alicyclic amines) is 1. The van der Waals surface area contributed by atoms with Crippen LogP contribution in [0.15, 0.2) is 6.20 Å². The van der Waals surface area contributed by atoms with E-state index in [2.05, 4.69) is 10.3 Å². The van der Waals surface area contributed by atoms with Crippen LogP contribution in [-0.4, -0.2) is 56.0 Å². The Balaban J connectivity index is 1.95. The van der Waals surface area contributed by atoms with Crippen molar-refractivity contribution in [2.45, 2.75) is 25.4 Å². The normalized spacial score (nSPS) is 18.3. The highest BCUT2D eigenvalue weighted by Gasteiger charge is 2.35. The van der Waals surface area contributed by atoms with Gasteiger partial charge < -0.3 is 10.8 Å². The van der Waals surface area contributed by atoms with E-state index in [1.807, 2.05) is 11.8 Å². The van der Waals surface area contributed by atoms with Crippen LogP contribution < -0.4 is 5.73 Å². The summed E-state index contributed by atoms with van der Waals surface area (Å²) < 4.78 is 1.52. The fourth-order valence-electron chi connectivity index (χ4n) is 2.10. The Morgan fingerprint density at radius 1 is 1.61 bits per heavy atom. The van der Waals surface area contributed by atoms with E-state index >= 15 is 0 Å². The van der Waals surface area contributed by atoms with Crippen molar-refractivity contribution in [2.24, 2.45) is 5.73 Å². The van der Waals surface area contributed by atoms with E-state index in [0.717, 1.165) is 0 Å². The van der Waals surface area contributed by atoms with Gasteiger partial charge in [0.2, 0.25) is 5.91 Å². The van der Waals surface area contributed by atoms with Gasteiger partial charge in [0.1, 0.15) is 0 Å². The molecule has 98 valence electrons. The van der Waals surface area contributed by atoms with Gasteiger partial charge in [-0.3, -0.25) is 9.69 Å². The second-order valence-electron chi connectivity index (χ2n) is 4.32. The number of hydrogen-bond donors (Lipinski definition) is 2. The van der Waals surface area contributed by atoms with E-state index in [1.165, 1.54) is 10.9 Å². The Labute approximate surface area is 103 Å². The molecule has 1 aromatic heterocycles. The number of aromatic nitrogens is 3. The number of nitrogens with zero attached hydrogens (tertiary/aromatic N) is 4. The molecule has 18 heavy (non-hydrogen) atoms. The van der Waals surface area contributed by atoms with Crippen molar-refractivity contribution in [1.29, 1.82) is 0 Å². The first kappa shape index (κ1) is 12.5. The minimum Gasteiger partial charge on any atom is -0.476 e. The van der Waals surface area contributed by atoms with Gasteiger partial charge in [-0.05, 0) is 6.42 Å². The molecule has 2 rings (SSSR count). The summed E-state index contributed by atoms with van der Waals surface area (Å²) in [4.78, 5) is 23.8. The van der Waals surface area contributed by atoms with Crippen LogP contribution in [0.2, 0.25) is 0 Å². The Bertz CT molecular complexity index is 466. The van der Waals surface area contributed by atoms with Crippen LogP contribution in [0.25, 0.3) is 0 Å². The number of carboxylic acid groups (broad SMARTS) is 1. The molecule has 1 aliphatic rings. The van der Waals surface area contributed by atoms with Crippen molar-refractivity contribution in [1.82, 2.24) is 19.9 Å². The summed E-state index contributed by atoms with van der Waals surface area (Å²) in [6, 6.07) is -0.206. The molecule has 1 aliphatic heterocycles. The molecule has 0 bridgehead atoms. The number of carboxylic acids is 1. The molecule has 1 fully saturated rings. The fraction of sp³-hybridized carbons (Fsp3) is 0.600. The molecule has 0 spiro atoms. The highest BCUT2D eigenvalue weighted by atomic mass is 16.4. The number of aromatic carboxylic acids is 1. The Morgan fingerprint density at radius 3 is 2.72 bits per heavy atom. The van der Waals surface area contributed by atoms with Gasteiger partial charge in [0.25, 0.3) is 0 Å². The lowest BCUT2D eigenvalue weighted by Gasteiger charge is -2.42. The topological polar surface area (TPSA) is 114 Å². The maximum absolute atomic E-state index is 11.2. The average Bonchev–Trinajstić information content (AvgIpc) is 2.70. The molecular formula is C10H15N5O3. The van der Waals surface area contributed by atoms with E-state index in [9.17, 15) is 9.59 Å². The Hall–Kier alpha value is -1.96. The lowest BCUT2D eigenvalue weighted by atomic mass is 10.0. The molecule has 0 saturated carbocycles. The standard InChI is InChI=1S/C10H15N5O3/c1-2-8(9(11)16)14-3-6(4-14)15-5-7(10(17)18)12-13-15/h5-6,8H,2-4H2,1H3,(H2,11,16)(H,17,18). The van der Waals surface area contributed by atoms with Crippen LogP contribution in [0.5, 0.6) is 0 Å². The van der Waals surface area contributed by atoms with E-state index < -0.39 is 5.97 Å². The largest absolute Gasteiger partial charge is 0.476 e. The lowest BCUT2D eigenvalue weighted by molar-refractivity contribution is -0.126. The van der Waals surface area contributed by atoms with Gasteiger partial charge in [0.05, 0.1) is 18.3 Å². The molecule has 8 nitrogen and oxygen atoms in total. The molecule has 8 heteroatoms. The van der Waals surface area contributed by atoms with Crippen LogP contribution >= 0.6 is 0 Å². The highest BCUT2D eigenvalue weighted by molar-refractivity contribution is 5.84. The number of rotatable bonds is 5. The van der Waals surface area contributed by atoms with Crippen molar-refractivity contribution in [2.75, 3.05) is 13.1 Å². The number of carbonyl (C=O) groups excluding carboxylic acids is 1. The van der Waals surface area contributed by atoms with Crippen LogP contribution in [-0.2, 0) is 4.79 Å². The van der Waals surface area contributed by atoms with Gasteiger partial charge in [-0.2, -0.15) is 0 Å². The summed E-state index contributed by atoms with van der Waals surface area (Å²) in [6.07, 6.45) is 2.06. The summed E-state index contributed by atoms with van der Waals surface area (Å²) in [6.45, 7) is 3.16. The van der Waals surface area contributed by atoms with Gasteiger partial charge in [-0.25, -0.2) is 9.48 Å². The van der Waals surface area contributed by atoms with Crippen molar-refractivity contribution in [3.8, 4) is 0 Å². The third-order valence-corrected chi connectivity index (χ3v) is 3.15. The van der Waals surface area contributed by atoms with Gasteiger partial charge in [-0.1, -0.05) is 12.1 Å². The third kappa shape index (κ3) is 2.19. The summed E-state index contributed by atoms with van der Waals surface area (Å²) in [5.74, 6) is -1.43. The second kappa shape index (κ2) is 4.73. The smallest absolute Gasteiger partial charge is 0.358 e. The van der Waals surface area contributed by atoms with E-state index in [-0.39, 0.29) is 23.7 Å². The number of hydrogen-bond acceptors (Lipinski definition) is 5. The summed E-state index contributed by atoms with van der Waals surface area (Å²) in [5, 5.41) is 16.0. The first-order chi connectivity index (χ1) is 8.52. The maximum Gasteiger partial charge on any atom is 0.358 e. The molecule has 0 radical (unpaired) electrons. The van der Waals surface area contributed by atoms with Crippen LogP contribution in [0.3, 0.4) is 0 Å². The minimum absolute atomic E-state index is 0.0546. The molecule has 2 heterocycles. The number of primary amides is 1. The molecule has 0 aliphatic carbocycles. The molecule has 1 amide bonds. The number of carbonyl (C=O) groups is 2. The number of nitrogens with two attached hydrogens (primary N) is 1. The Morgan fingerprint density at radius 2 is 2.28 bits per heavy atom. The molecule has 1 saturated heterocycles. The second-order valence-corrected chi connectivity index (χ2v) is 4.32. The number of amides is 1. The molecule has 1 atom stereocenters. The van der Waals surface area contributed by atoms with E-state index in [4.69, 9.17) is 10.8 Å². The molecule has 1 aromatic rings. The van der Waals surface area contributed by atoms with E-state index in [1.54, 1.807) is 0 Å². The predicted molar refractivity (Wildman–Crippen MR) is 60.9 cm³/mol. The van der Waals surface area contributed by atoms with Crippen molar-refractivity contribution in [3.63, 3.8) is 0 Å². The van der Waals surface area contributed by atoms with Crippen molar-refractivity contribution >= 4 is 11.9 Å². The molecule has 3 N–H and O–H groups in total. The zero-order valence-electron chi connectivity index (χ0n) is 9.98. The lowest BCUT2D eigenvalue weighted by Crippen LogP contribution is -2.56. The SMILES string of the molecule is CCC(C(N)=O)N1CC(n2cc(C(=O)O)nn2)C1. The zero-order valence-corrected chi connectivity index (χ0v) is 9.98. The van der Waals surface area contributed by atoms with Gasteiger partial charge in [-0.15, -0.1) is 5.10 Å². The average molecular weight is 253 g/mol. The zero-order chi connectivity index (χ0) is 13.3. The summed E-state index contributed by atoms with van der Waals surface area (Å²) in [7, 11) is 0. The maximum atomic E-state index is 11.2. The molecule has 0 aromatic carbocycles. The van der Waals surface area contributed by atoms with Crippen molar-refractivity contribution in [3.05, 3.63) is 11.9 Å². The van der Waals surface area contributed by atoms with Crippen LogP contribution in [0.1, 0.15) is 29.9 Å².